The fourth-order valence-electron chi connectivity index (χ4n) is 3.12. The molecule has 0 unspecified atom stereocenters. The van der Waals surface area contributed by atoms with Gasteiger partial charge in [0.25, 0.3) is 0 Å². The molecule has 0 spiro atoms. The summed E-state index contributed by atoms with van der Waals surface area (Å²) in [5.41, 5.74) is 2.48. The first-order valence-corrected chi connectivity index (χ1v) is 8.73. The lowest BCUT2D eigenvalue weighted by molar-refractivity contribution is 0.220. The van der Waals surface area contributed by atoms with Crippen LogP contribution >= 0.6 is 0 Å². The van der Waals surface area contributed by atoms with Gasteiger partial charge in [-0.3, -0.25) is 4.90 Å². The molecule has 2 heterocycles. The first-order chi connectivity index (χ1) is 12.1. The van der Waals surface area contributed by atoms with Gasteiger partial charge in [-0.2, -0.15) is 4.98 Å². The molecule has 2 N–H and O–H groups in total. The van der Waals surface area contributed by atoms with E-state index in [1.54, 1.807) is 6.92 Å². The van der Waals surface area contributed by atoms with Crippen molar-refractivity contribution in [1.82, 2.24) is 25.7 Å². The van der Waals surface area contributed by atoms with Crippen LogP contribution in [0.4, 0.5) is 4.79 Å². The number of urea groups is 1. The van der Waals surface area contributed by atoms with Gasteiger partial charge in [0.2, 0.25) is 5.89 Å². The highest BCUT2D eigenvalue weighted by molar-refractivity contribution is 5.73. The molecule has 25 heavy (non-hydrogen) atoms. The van der Waals surface area contributed by atoms with E-state index in [1.165, 1.54) is 24.0 Å². The first-order valence-electron chi connectivity index (χ1n) is 8.73. The van der Waals surface area contributed by atoms with Gasteiger partial charge in [0, 0.05) is 13.5 Å². The van der Waals surface area contributed by atoms with Gasteiger partial charge in [-0.25, -0.2) is 4.79 Å². The summed E-state index contributed by atoms with van der Waals surface area (Å²) < 4.78 is 4.89. The fourth-order valence-corrected chi connectivity index (χ4v) is 3.12. The minimum absolute atomic E-state index is 0.196. The van der Waals surface area contributed by atoms with Gasteiger partial charge >= 0.3 is 6.03 Å². The van der Waals surface area contributed by atoms with E-state index >= 15 is 0 Å². The Labute approximate surface area is 147 Å². The van der Waals surface area contributed by atoms with Crippen LogP contribution in [0.25, 0.3) is 0 Å². The zero-order valence-electron chi connectivity index (χ0n) is 14.8. The summed E-state index contributed by atoms with van der Waals surface area (Å²) in [6.45, 7) is 6.77. The summed E-state index contributed by atoms with van der Waals surface area (Å²) in [5.74, 6) is 0.966. The van der Waals surface area contributed by atoms with Gasteiger partial charge in [-0.05, 0) is 38.4 Å². The van der Waals surface area contributed by atoms with Gasteiger partial charge in [-0.15, -0.1) is 0 Å². The summed E-state index contributed by atoms with van der Waals surface area (Å²) in [4.78, 5) is 18.6. The average molecular weight is 343 g/mol. The lowest BCUT2D eigenvalue weighted by atomic mass is 10.0. The number of carbonyl (C=O) groups excluding carboxylic acids is 1. The van der Waals surface area contributed by atoms with E-state index in [1.807, 2.05) is 0 Å². The number of benzene rings is 1. The van der Waals surface area contributed by atoms with Crippen molar-refractivity contribution in [2.75, 3.05) is 19.6 Å². The highest BCUT2D eigenvalue weighted by atomic mass is 16.5. The molecule has 0 aliphatic carbocycles. The molecule has 1 saturated heterocycles. The van der Waals surface area contributed by atoms with Crippen molar-refractivity contribution >= 4 is 6.03 Å². The van der Waals surface area contributed by atoms with E-state index in [9.17, 15) is 4.79 Å². The van der Waals surface area contributed by atoms with E-state index in [2.05, 4.69) is 56.9 Å². The van der Waals surface area contributed by atoms with Crippen molar-refractivity contribution in [3.8, 4) is 0 Å². The molecule has 1 aliphatic rings. The van der Waals surface area contributed by atoms with E-state index < -0.39 is 0 Å². The average Bonchev–Trinajstić information content (AvgIpc) is 3.27. The molecular formula is C18H25N5O2. The topological polar surface area (TPSA) is 83.3 Å². The van der Waals surface area contributed by atoms with Crippen LogP contribution in [0.1, 0.15) is 41.7 Å². The zero-order chi connectivity index (χ0) is 17.6. The molecule has 0 bridgehead atoms. The Morgan fingerprint density at radius 2 is 1.92 bits per heavy atom. The van der Waals surface area contributed by atoms with Gasteiger partial charge in [-0.1, -0.05) is 35.0 Å². The standard InChI is InChI=1S/C18H25N5O2/c1-13-5-7-15(8-6-13)16(23-9-3-4-10-23)11-19-18(24)20-12-17-21-14(2)25-22-17/h5-8,16H,3-4,9-12H2,1-2H3,(H2,19,20,24)/t16-/m0/s1. The van der Waals surface area contributed by atoms with Crippen LogP contribution in [0.2, 0.25) is 0 Å². The zero-order valence-corrected chi connectivity index (χ0v) is 14.8. The third kappa shape index (κ3) is 4.79. The highest BCUT2D eigenvalue weighted by Gasteiger charge is 2.23. The molecule has 1 fully saturated rings. The molecule has 134 valence electrons. The number of nitrogens with zero attached hydrogens (tertiary/aromatic N) is 3. The third-order valence-corrected chi connectivity index (χ3v) is 4.48. The second-order valence-corrected chi connectivity index (χ2v) is 6.46. The molecule has 7 nitrogen and oxygen atoms in total. The van der Waals surface area contributed by atoms with Gasteiger partial charge in [0.1, 0.15) is 0 Å². The van der Waals surface area contributed by atoms with Crippen molar-refractivity contribution in [2.45, 2.75) is 39.3 Å². The van der Waals surface area contributed by atoms with Crippen LogP contribution in [-0.2, 0) is 6.54 Å². The van der Waals surface area contributed by atoms with Crippen LogP contribution in [0.3, 0.4) is 0 Å². The van der Waals surface area contributed by atoms with Crippen molar-refractivity contribution < 1.29 is 9.32 Å². The second kappa shape index (κ2) is 8.11. The number of aromatic nitrogens is 2. The van der Waals surface area contributed by atoms with Crippen molar-refractivity contribution in [1.29, 1.82) is 0 Å². The number of nitrogens with one attached hydrogen (secondary N) is 2. The summed E-state index contributed by atoms with van der Waals surface area (Å²) in [5, 5.41) is 9.50. The Morgan fingerprint density at radius 3 is 2.56 bits per heavy atom. The molecule has 1 aliphatic heterocycles. The van der Waals surface area contributed by atoms with Gasteiger partial charge < -0.3 is 15.2 Å². The summed E-state index contributed by atoms with van der Waals surface area (Å²) in [6, 6.07) is 8.52. The summed E-state index contributed by atoms with van der Waals surface area (Å²) in [7, 11) is 0. The highest BCUT2D eigenvalue weighted by Crippen LogP contribution is 2.24. The second-order valence-electron chi connectivity index (χ2n) is 6.46. The normalized spacial score (nSPS) is 15.9. The fraction of sp³-hybridized carbons (Fsp3) is 0.500. The molecule has 1 aromatic heterocycles. The third-order valence-electron chi connectivity index (χ3n) is 4.48. The molecule has 1 aromatic carbocycles. The Balaban J connectivity index is 1.56. The van der Waals surface area contributed by atoms with Crippen LogP contribution in [0.5, 0.6) is 0 Å². The van der Waals surface area contributed by atoms with E-state index in [4.69, 9.17) is 4.52 Å². The smallest absolute Gasteiger partial charge is 0.315 e. The lowest BCUT2D eigenvalue weighted by Gasteiger charge is -2.28. The quantitative estimate of drug-likeness (QED) is 0.841. The molecular weight excluding hydrogens is 318 g/mol. The van der Waals surface area contributed by atoms with E-state index in [0.717, 1.165) is 13.1 Å². The monoisotopic (exact) mass is 343 g/mol. The molecule has 2 amide bonds. The predicted octanol–water partition coefficient (Wildman–Crippen LogP) is 2.32. The SMILES string of the molecule is Cc1ccc([C@H](CNC(=O)NCc2noc(C)n2)N2CCCC2)cc1. The van der Waals surface area contributed by atoms with Crippen LogP contribution < -0.4 is 10.6 Å². The van der Waals surface area contributed by atoms with E-state index in [-0.39, 0.29) is 18.6 Å². The summed E-state index contributed by atoms with van der Waals surface area (Å²) >= 11 is 0. The number of likely N-dealkylation sites (tertiary alicyclic amines) is 1. The van der Waals surface area contributed by atoms with E-state index in [0.29, 0.717) is 18.3 Å². The number of rotatable bonds is 6. The van der Waals surface area contributed by atoms with Crippen LogP contribution in [0.15, 0.2) is 28.8 Å². The number of hydrogen-bond acceptors (Lipinski definition) is 5. The minimum Gasteiger partial charge on any atom is -0.340 e. The Hall–Kier alpha value is -2.41. The largest absolute Gasteiger partial charge is 0.340 e. The van der Waals surface area contributed by atoms with Crippen LogP contribution in [-0.4, -0.2) is 40.7 Å². The lowest BCUT2D eigenvalue weighted by Crippen LogP contribution is -2.41. The predicted molar refractivity (Wildman–Crippen MR) is 94.0 cm³/mol. The molecule has 0 radical (unpaired) electrons. The van der Waals surface area contributed by atoms with Crippen molar-refractivity contribution in [3.05, 3.63) is 47.1 Å². The molecule has 2 aromatic rings. The van der Waals surface area contributed by atoms with Gasteiger partial charge in [0.15, 0.2) is 5.82 Å². The number of amides is 2. The van der Waals surface area contributed by atoms with Crippen LogP contribution in [0, 0.1) is 13.8 Å². The molecule has 3 rings (SSSR count). The first kappa shape index (κ1) is 17.4. The molecule has 1 atom stereocenters. The van der Waals surface area contributed by atoms with Crippen molar-refractivity contribution in [2.24, 2.45) is 0 Å². The van der Waals surface area contributed by atoms with Crippen molar-refractivity contribution in [3.63, 3.8) is 0 Å². The molecule has 0 saturated carbocycles. The molecule has 7 heteroatoms. The Morgan fingerprint density at radius 1 is 1.20 bits per heavy atom. The maximum atomic E-state index is 12.1. The number of aryl methyl sites for hydroxylation is 2. The summed E-state index contributed by atoms with van der Waals surface area (Å²) in [6.07, 6.45) is 2.43. The minimum atomic E-state index is -0.223. The Bertz CT molecular complexity index is 692. The maximum Gasteiger partial charge on any atom is 0.315 e. The van der Waals surface area contributed by atoms with Gasteiger partial charge in [0.05, 0.1) is 12.6 Å². The number of carbonyl (C=O) groups is 1. The Kier molecular flexibility index (Phi) is 5.65. The maximum absolute atomic E-state index is 12.1. The number of hydrogen-bond donors (Lipinski definition) is 2.